The van der Waals surface area contributed by atoms with Crippen molar-refractivity contribution in [1.29, 1.82) is 0 Å². The molecule has 5 heteroatoms. The van der Waals surface area contributed by atoms with Crippen molar-refractivity contribution in [1.82, 2.24) is 10.6 Å². The van der Waals surface area contributed by atoms with Gasteiger partial charge in [-0.15, -0.1) is 0 Å². The highest BCUT2D eigenvalue weighted by Gasteiger charge is 2.24. The Morgan fingerprint density at radius 1 is 1.26 bits per heavy atom. The zero-order valence-corrected chi connectivity index (χ0v) is 14.2. The van der Waals surface area contributed by atoms with E-state index in [0.717, 1.165) is 36.9 Å². The Balaban J connectivity index is 1.85. The number of benzene rings is 1. The third-order valence-electron chi connectivity index (χ3n) is 4.59. The molecule has 1 aromatic carbocycles. The van der Waals surface area contributed by atoms with E-state index >= 15 is 0 Å². The molecule has 0 saturated heterocycles. The smallest absolute Gasteiger partial charge is 0.315 e. The van der Waals surface area contributed by atoms with Gasteiger partial charge in [-0.05, 0) is 30.5 Å². The minimum atomic E-state index is -0.148. The number of hydrogen-bond acceptors (Lipinski definition) is 3. The van der Waals surface area contributed by atoms with Gasteiger partial charge in [-0.1, -0.05) is 31.4 Å². The van der Waals surface area contributed by atoms with Crippen LogP contribution in [0.4, 0.5) is 10.5 Å². The Labute approximate surface area is 139 Å². The van der Waals surface area contributed by atoms with E-state index < -0.39 is 0 Å². The minimum absolute atomic E-state index is 0.0793. The number of aliphatic hydroxyl groups is 1. The normalized spacial score (nSPS) is 21.3. The van der Waals surface area contributed by atoms with E-state index in [9.17, 15) is 9.90 Å². The molecular weight excluding hydrogens is 290 g/mol. The number of urea groups is 1. The Bertz CT molecular complexity index is 505. The van der Waals surface area contributed by atoms with Gasteiger partial charge in [-0.2, -0.15) is 0 Å². The molecule has 1 fully saturated rings. The van der Waals surface area contributed by atoms with Gasteiger partial charge >= 0.3 is 6.03 Å². The number of anilines is 1. The number of nitrogens with one attached hydrogen (secondary N) is 2. The summed E-state index contributed by atoms with van der Waals surface area (Å²) in [6.45, 7) is 0.653. The summed E-state index contributed by atoms with van der Waals surface area (Å²) in [7, 11) is 4.00. The highest BCUT2D eigenvalue weighted by molar-refractivity contribution is 5.74. The van der Waals surface area contributed by atoms with Gasteiger partial charge in [0, 0.05) is 44.9 Å². The van der Waals surface area contributed by atoms with Crippen LogP contribution in [0.5, 0.6) is 0 Å². The lowest BCUT2D eigenvalue weighted by Gasteiger charge is -2.24. The van der Waals surface area contributed by atoms with Crippen molar-refractivity contribution < 1.29 is 9.90 Å². The molecule has 1 saturated carbocycles. The Hall–Kier alpha value is -1.75. The molecule has 5 nitrogen and oxygen atoms in total. The number of hydrogen-bond donors (Lipinski definition) is 3. The SMILES string of the molecule is CN(C)c1cccc(CNC(=O)NC2CCCCCC2CO)c1. The molecule has 0 heterocycles. The van der Waals surface area contributed by atoms with Crippen molar-refractivity contribution >= 4 is 11.7 Å². The van der Waals surface area contributed by atoms with Crippen molar-refractivity contribution in [2.75, 3.05) is 25.6 Å². The first-order chi connectivity index (χ1) is 11.1. The quantitative estimate of drug-likeness (QED) is 0.731. The molecule has 2 unspecified atom stereocenters. The van der Waals surface area contributed by atoms with Crippen LogP contribution < -0.4 is 15.5 Å². The maximum absolute atomic E-state index is 12.2. The van der Waals surface area contributed by atoms with E-state index in [1.54, 1.807) is 0 Å². The highest BCUT2D eigenvalue weighted by Crippen LogP contribution is 2.23. The van der Waals surface area contributed by atoms with Crippen molar-refractivity contribution in [2.45, 2.75) is 44.7 Å². The Morgan fingerprint density at radius 2 is 2.04 bits per heavy atom. The summed E-state index contributed by atoms with van der Waals surface area (Å²) >= 11 is 0. The molecule has 1 aromatic rings. The first-order valence-electron chi connectivity index (χ1n) is 8.51. The zero-order chi connectivity index (χ0) is 16.7. The number of aliphatic hydroxyl groups excluding tert-OH is 1. The molecule has 0 aliphatic heterocycles. The second-order valence-electron chi connectivity index (χ2n) is 6.58. The fourth-order valence-electron chi connectivity index (χ4n) is 3.14. The molecule has 1 aliphatic carbocycles. The van der Waals surface area contributed by atoms with Crippen LogP contribution in [-0.2, 0) is 6.54 Å². The Morgan fingerprint density at radius 3 is 2.78 bits per heavy atom. The van der Waals surface area contributed by atoms with Gasteiger partial charge in [-0.25, -0.2) is 4.79 Å². The van der Waals surface area contributed by atoms with E-state index in [-0.39, 0.29) is 24.6 Å². The topological polar surface area (TPSA) is 64.6 Å². The number of carbonyl (C=O) groups excluding carboxylic acids is 1. The first-order valence-corrected chi connectivity index (χ1v) is 8.51. The number of nitrogens with zero attached hydrogens (tertiary/aromatic N) is 1. The van der Waals surface area contributed by atoms with Crippen molar-refractivity contribution in [3.8, 4) is 0 Å². The number of rotatable bonds is 5. The molecule has 0 aromatic heterocycles. The predicted molar refractivity (Wildman–Crippen MR) is 93.6 cm³/mol. The van der Waals surface area contributed by atoms with Gasteiger partial charge < -0.3 is 20.6 Å². The maximum Gasteiger partial charge on any atom is 0.315 e. The molecular formula is C18H29N3O2. The summed E-state index contributed by atoms with van der Waals surface area (Å²) in [6.07, 6.45) is 5.39. The van der Waals surface area contributed by atoms with Gasteiger partial charge in [0.1, 0.15) is 0 Å². The molecule has 2 rings (SSSR count). The fourth-order valence-corrected chi connectivity index (χ4v) is 3.14. The monoisotopic (exact) mass is 319 g/mol. The lowest BCUT2D eigenvalue weighted by atomic mass is 9.96. The molecule has 1 aliphatic rings. The van der Waals surface area contributed by atoms with E-state index in [1.165, 1.54) is 6.42 Å². The van der Waals surface area contributed by atoms with Crippen LogP contribution in [0.2, 0.25) is 0 Å². The molecule has 23 heavy (non-hydrogen) atoms. The summed E-state index contributed by atoms with van der Waals surface area (Å²) in [5.74, 6) is 0.181. The molecule has 128 valence electrons. The van der Waals surface area contributed by atoms with Crippen molar-refractivity contribution in [3.63, 3.8) is 0 Å². The highest BCUT2D eigenvalue weighted by atomic mass is 16.3. The largest absolute Gasteiger partial charge is 0.396 e. The number of carbonyl (C=O) groups is 1. The van der Waals surface area contributed by atoms with Gasteiger partial charge in [0.2, 0.25) is 0 Å². The Kier molecular flexibility index (Phi) is 6.71. The van der Waals surface area contributed by atoms with Crippen molar-refractivity contribution in [2.24, 2.45) is 5.92 Å². The molecule has 0 radical (unpaired) electrons. The molecule has 3 N–H and O–H groups in total. The number of amides is 2. The van der Waals surface area contributed by atoms with E-state index in [4.69, 9.17) is 0 Å². The first kappa shape index (κ1) is 17.6. The standard InChI is InChI=1S/C18H29N3O2/c1-21(2)16-9-6-7-14(11-16)12-19-18(23)20-17-10-5-3-4-8-15(17)13-22/h6-7,9,11,15,17,22H,3-5,8,10,12-13H2,1-2H3,(H2,19,20,23). The van der Waals surface area contributed by atoms with E-state index in [0.29, 0.717) is 6.54 Å². The second-order valence-corrected chi connectivity index (χ2v) is 6.58. The summed E-state index contributed by atoms with van der Waals surface area (Å²) in [5, 5.41) is 15.5. The third kappa shape index (κ3) is 5.43. The van der Waals surface area contributed by atoms with Crippen LogP contribution in [0, 0.1) is 5.92 Å². The lowest BCUT2D eigenvalue weighted by Crippen LogP contribution is -2.45. The fraction of sp³-hybridized carbons (Fsp3) is 0.611. The van der Waals surface area contributed by atoms with Crippen LogP contribution >= 0.6 is 0 Å². The van der Waals surface area contributed by atoms with Crippen LogP contribution in [0.25, 0.3) is 0 Å². The molecule has 0 bridgehead atoms. The van der Waals surface area contributed by atoms with Crippen LogP contribution in [0.1, 0.15) is 37.7 Å². The summed E-state index contributed by atoms with van der Waals surface area (Å²) in [4.78, 5) is 14.2. The second kappa shape index (κ2) is 8.77. The lowest BCUT2D eigenvalue weighted by molar-refractivity contribution is 0.179. The predicted octanol–water partition coefficient (Wildman–Crippen LogP) is 2.49. The third-order valence-corrected chi connectivity index (χ3v) is 4.59. The summed E-state index contributed by atoms with van der Waals surface area (Å²) in [5.41, 5.74) is 2.19. The van der Waals surface area contributed by atoms with Gasteiger partial charge in [0.25, 0.3) is 0 Å². The van der Waals surface area contributed by atoms with Crippen LogP contribution in [0.3, 0.4) is 0 Å². The minimum Gasteiger partial charge on any atom is -0.396 e. The van der Waals surface area contributed by atoms with Gasteiger partial charge in [-0.3, -0.25) is 0 Å². The summed E-state index contributed by atoms with van der Waals surface area (Å²) < 4.78 is 0. The average Bonchev–Trinajstić information content (AvgIpc) is 2.78. The van der Waals surface area contributed by atoms with Crippen LogP contribution in [-0.4, -0.2) is 37.9 Å². The zero-order valence-electron chi connectivity index (χ0n) is 14.2. The molecule has 2 amide bonds. The van der Waals surface area contributed by atoms with Crippen LogP contribution in [0.15, 0.2) is 24.3 Å². The molecule has 2 atom stereocenters. The van der Waals surface area contributed by atoms with E-state index in [1.807, 2.05) is 37.2 Å². The summed E-state index contributed by atoms with van der Waals surface area (Å²) in [6, 6.07) is 8.05. The van der Waals surface area contributed by atoms with Gasteiger partial charge in [0.15, 0.2) is 0 Å². The average molecular weight is 319 g/mol. The molecule has 0 spiro atoms. The van der Waals surface area contributed by atoms with Gasteiger partial charge in [0.05, 0.1) is 0 Å². The van der Waals surface area contributed by atoms with E-state index in [2.05, 4.69) is 16.7 Å². The van der Waals surface area contributed by atoms with Crippen molar-refractivity contribution in [3.05, 3.63) is 29.8 Å². The maximum atomic E-state index is 12.2.